The largest absolute Gasteiger partial charge is 0.460 e. The summed E-state index contributed by atoms with van der Waals surface area (Å²) >= 11 is 0. The summed E-state index contributed by atoms with van der Waals surface area (Å²) in [7, 11) is 0. The van der Waals surface area contributed by atoms with E-state index in [9.17, 15) is 4.79 Å². The zero-order valence-corrected chi connectivity index (χ0v) is 7.74. The zero-order valence-electron chi connectivity index (χ0n) is 7.74. The number of rotatable bonds is 4. The van der Waals surface area contributed by atoms with Crippen molar-refractivity contribution in [2.45, 2.75) is 26.7 Å². The van der Waals surface area contributed by atoms with Gasteiger partial charge in [-0.15, -0.1) is 0 Å². The molecule has 0 radical (unpaired) electrons. The number of ether oxygens (including phenoxy) is 1. The minimum Gasteiger partial charge on any atom is -0.460 e. The molecule has 0 aromatic carbocycles. The summed E-state index contributed by atoms with van der Waals surface area (Å²) in [6, 6.07) is 0. The molecular formula is C8H12N2O3. The average Bonchev–Trinajstić information content (AvgIpc) is 2.54. The van der Waals surface area contributed by atoms with Gasteiger partial charge in [-0.05, 0) is 18.5 Å². The van der Waals surface area contributed by atoms with Crippen molar-refractivity contribution in [2.75, 3.05) is 6.61 Å². The number of hydrogen-bond donors (Lipinski definition) is 0. The van der Waals surface area contributed by atoms with Crippen molar-refractivity contribution >= 4 is 5.97 Å². The molecule has 1 aromatic heterocycles. The van der Waals surface area contributed by atoms with Gasteiger partial charge in [0.05, 0.1) is 6.61 Å². The van der Waals surface area contributed by atoms with Crippen molar-refractivity contribution < 1.29 is 14.1 Å². The van der Waals surface area contributed by atoms with Crippen LogP contribution in [0.2, 0.25) is 0 Å². The van der Waals surface area contributed by atoms with Crippen LogP contribution in [-0.2, 0) is 11.2 Å². The number of esters is 1. The molecule has 0 saturated carbocycles. The van der Waals surface area contributed by atoms with Gasteiger partial charge in [-0.3, -0.25) is 0 Å². The summed E-state index contributed by atoms with van der Waals surface area (Å²) in [5, 5.41) is 3.49. The van der Waals surface area contributed by atoms with E-state index in [1.807, 2.05) is 6.92 Å². The topological polar surface area (TPSA) is 65.2 Å². The van der Waals surface area contributed by atoms with Crippen molar-refractivity contribution in [1.29, 1.82) is 0 Å². The Morgan fingerprint density at radius 2 is 2.31 bits per heavy atom. The highest BCUT2D eigenvalue weighted by molar-refractivity contribution is 5.84. The molecule has 0 aliphatic heterocycles. The van der Waals surface area contributed by atoms with E-state index in [0.29, 0.717) is 18.9 Å². The van der Waals surface area contributed by atoms with Gasteiger partial charge >= 0.3 is 5.97 Å². The van der Waals surface area contributed by atoms with Gasteiger partial charge in [0.2, 0.25) is 5.89 Å². The smallest absolute Gasteiger partial charge is 0.379 e. The molecule has 0 aliphatic carbocycles. The molecule has 0 saturated heterocycles. The van der Waals surface area contributed by atoms with E-state index < -0.39 is 5.97 Å². The fourth-order valence-corrected chi connectivity index (χ4v) is 0.849. The molecule has 1 heterocycles. The standard InChI is InChI=1S/C8H12N2O3/c1-3-5-6-9-7(10-13-6)8(11)12-4-2/h3-5H2,1-2H3. The van der Waals surface area contributed by atoms with Crippen LogP contribution in [0.1, 0.15) is 36.8 Å². The van der Waals surface area contributed by atoms with Crippen LogP contribution in [0, 0.1) is 0 Å². The summed E-state index contributed by atoms with van der Waals surface area (Å²) in [4.78, 5) is 14.9. The predicted octanol–water partition coefficient (Wildman–Crippen LogP) is 1.20. The molecule has 0 bridgehead atoms. The third-order valence-corrected chi connectivity index (χ3v) is 1.39. The van der Waals surface area contributed by atoms with Crippen molar-refractivity contribution in [3.63, 3.8) is 0 Å². The molecule has 5 nitrogen and oxygen atoms in total. The van der Waals surface area contributed by atoms with Crippen LogP contribution >= 0.6 is 0 Å². The molecular weight excluding hydrogens is 172 g/mol. The Bertz CT molecular complexity index is 283. The summed E-state index contributed by atoms with van der Waals surface area (Å²) < 4.78 is 9.51. The summed E-state index contributed by atoms with van der Waals surface area (Å²) in [6.07, 6.45) is 1.59. The maximum atomic E-state index is 11.1. The first-order valence-electron chi connectivity index (χ1n) is 4.27. The zero-order chi connectivity index (χ0) is 9.68. The van der Waals surface area contributed by atoms with E-state index in [1.165, 1.54) is 0 Å². The second-order valence-corrected chi connectivity index (χ2v) is 2.48. The van der Waals surface area contributed by atoms with E-state index in [1.54, 1.807) is 6.92 Å². The molecule has 13 heavy (non-hydrogen) atoms. The van der Waals surface area contributed by atoms with E-state index in [-0.39, 0.29) is 5.82 Å². The van der Waals surface area contributed by atoms with Gasteiger partial charge in [-0.2, -0.15) is 4.98 Å². The Hall–Kier alpha value is -1.39. The quantitative estimate of drug-likeness (QED) is 0.658. The van der Waals surface area contributed by atoms with Gasteiger partial charge in [0.15, 0.2) is 0 Å². The van der Waals surface area contributed by atoms with Crippen LogP contribution in [0.25, 0.3) is 0 Å². The second-order valence-electron chi connectivity index (χ2n) is 2.48. The summed E-state index contributed by atoms with van der Waals surface area (Å²) in [6.45, 7) is 4.04. The Kier molecular flexibility index (Phi) is 3.42. The van der Waals surface area contributed by atoms with Gasteiger partial charge < -0.3 is 9.26 Å². The number of carbonyl (C=O) groups excluding carboxylic acids is 1. The van der Waals surface area contributed by atoms with Gasteiger partial charge in [0.25, 0.3) is 5.82 Å². The van der Waals surface area contributed by atoms with Crippen LogP contribution in [0.15, 0.2) is 4.52 Å². The van der Waals surface area contributed by atoms with Crippen molar-refractivity contribution in [2.24, 2.45) is 0 Å². The lowest BCUT2D eigenvalue weighted by molar-refractivity contribution is 0.0508. The molecule has 1 aromatic rings. The minimum absolute atomic E-state index is 0.00491. The summed E-state index contributed by atoms with van der Waals surface area (Å²) in [5.41, 5.74) is 0. The van der Waals surface area contributed by atoms with Crippen molar-refractivity contribution in [3.05, 3.63) is 11.7 Å². The predicted molar refractivity (Wildman–Crippen MR) is 44.2 cm³/mol. The fourth-order valence-electron chi connectivity index (χ4n) is 0.849. The monoisotopic (exact) mass is 184 g/mol. The Morgan fingerprint density at radius 3 is 2.92 bits per heavy atom. The molecule has 0 amide bonds. The first kappa shape index (κ1) is 9.70. The molecule has 72 valence electrons. The average molecular weight is 184 g/mol. The normalized spacial score (nSPS) is 10.0. The number of aryl methyl sites for hydroxylation is 1. The van der Waals surface area contributed by atoms with Gasteiger partial charge in [-0.25, -0.2) is 4.79 Å². The minimum atomic E-state index is -0.534. The molecule has 1 rings (SSSR count). The Labute approximate surface area is 76.1 Å². The van der Waals surface area contributed by atoms with Crippen LogP contribution in [0.3, 0.4) is 0 Å². The fraction of sp³-hybridized carbons (Fsp3) is 0.625. The van der Waals surface area contributed by atoms with Crippen molar-refractivity contribution in [3.8, 4) is 0 Å². The van der Waals surface area contributed by atoms with Crippen LogP contribution < -0.4 is 0 Å². The van der Waals surface area contributed by atoms with Crippen LogP contribution in [-0.4, -0.2) is 22.7 Å². The maximum absolute atomic E-state index is 11.1. The maximum Gasteiger partial charge on any atom is 0.379 e. The highest BCUT2D eigenvalue weighted by atomic mass is 16.5. The molecule has 5 heteroatoms. The Morgan fingerprint density at radius 1 is 1.54 bits per heavy atom. The molecule has 0 N–H and O–H groups in total. The molecule has 0 fully saturated rings. The molecule has 0 unspecified atom stereocenters. The lowest BCUT2D eigenvalue weighted by Gasteiger charge is -1.93. The number of hydrogen-bond acceptors (Lipinski definition) is 5. The van der Waals surface area contributed by atoms with Crippen LogP contribution in [0.5, 0.6) is 0 Å². The first-order valence-corrected chi connectivity index (χ1v) is 4.27. The highest BCUT2D eigenvalue weighted by Gasteiger charge is 2.14. The molecule has 0 atom stereocenters. The highest BCUT2D eigenvalue weighted by Crippen LogP contribution is 2.01. The number of carbonyl (C=O) groups is 1. The van der Waals surface area contributed by atoms with Crippen molar-refractivity contribution in [1.82, 2.24) is 10.1 Å². The Balaban J connectivity index is 2.62. The lowest BCUT2D eigenvalue weighted by Crippen LogP contribution is -2.06. The van der Waals surface area contributed by atoms with E-state index in [2.05, 4.69) is 10.1 Å². The van der Waals surface area contributed by atoms with E-state index in [4.69, 9.17) is 9.26 Å². The molecule has 0 aliphatic rings. The molecule has 0 spiro atoms. The SMILES string of the molecule is CCCc1nc(C(=O)OCC)no1. The lowest BCUT2D eigenvalue weighted by atomic mass is 10.3. The van der Waals surface area contributed by atoms with Gasteiger partial charge in [0.1, 0.15) is 0 Å². The van der Waals surface area contributed by atoms with Gasteiger partial charge in [0, 0.05) is 6.42 Å². The van der Waals surface area contributed by atoms with E-state index >= 15 is 0 Å². The number of nitrogens with zero attached hydrogens (tertiary/aromatic N) is 2. The number of aromatic nitrogens is 2. The van der Waals surface area contributed by atoms with Gasteiger partial charge in [-0.1, -0.05) is 6.92 Å². The van der Waals surface area contributed by atoms with E-state index in [0.717, 1.165) is 6.42 Å². The third kappa shape index (κ3) is 2.54. The summed E-state index contributed by atoms with van der Waals surface area (Å²) in [5.74, 6) is -0.0514. The van der Waals surface area contributed by atoms with Crippen LogP contribution in [0.4, 0.5) is 0 Å². The first-order chi connectivity index (χ1) is 6.27. The second kappa shape index (κ2) is 4.59. The third-order valence-electron chi connectivity index (χ3n) is 1.39.